The lowest BCUT2D eigenvalue weighted by Gasteiger charge is -2.12. The van der Waals surface area contributed by atoms with Gasteiger partial charge in [-0.25, -0.2) is 0 Å². The summed E-state index contributed by atoms with van der Waals surface area (Å²) < 4.78 is 5.76. The second-order valence-corrected chi connectivity index (χ2v) is 5.33. The Balaban J connectivity index is 1.96. The smallest absolute Gasteiger partial charge is 0.313 e. The maximum absolute atomic E-state index is 12.0. The number of unbranched alkanes of at least 4 members (excludes halogenated alkanes) is 2. The van der Waals surface area contributed by atoms with Crippen molar-refractivity contribution < 1.29 is 14.3 Å². The standard InChI is InChI=1S/C19H22N2O3/c1-2-3-9-14-20-18(22)19(23)21-16-12-7-8-13-17(16)24-15-10-5-4-6-11-15/h4-8,10-13H,2-3,9,14H2,1H3,(H,20,22)(H,21,23). The molecule has 0 unspecified atom stereocenters. The van der Waals surface area contributed by atoms with Gasteiger partial charge in [-0.1, -0.05) is 50.1 Å². The van der Waals surface area contributed by atoms with Crippen molar-refractivity contribution in [2.75, 3.05) is 11.9 Å². The molecule has 0 spiro atoms. The van der Waals surface area contributed by atoms with Gasteiger partial charge >= 0.3 is 11.8 Å². The number of carbonyl (C=O) groups is 2. The van der Waals surface area contributed by atoms with Gasteiger partial charge in [0.05, 0.1) is 5.69 Å². The van der Waals surface area contributed by atoms with Crippen molar-refractivity contribution in [1.82, 2.24) is 5.32 Å². The van der Waals surface area contributed by atoms with Crippen LogP contribution in [0.3, 0.4) is 0 Å². The molecule has 0 fully saturated rings. The van der Waals surface area contributed by atoms with Crippen LogP contribution in [0.5, 0.6) is 11.5 Å². The van der Waals surface area contributed by atoms with Crippen LogP contribution in [0.1, 0.15) is 26.2 Å². The maximum atomic E-state index is 12.0. The Labute approximate surface area is 142 Å². The molecule has 2 N–H and O–H groups in total. The van der Waals surface area contributed by atoms with Crippen molar-refractivity contribution in [3.63, 3.8) is 0 Å². The van der Waals surface area contributed by atoms with E-state index in [9.17, 15) is 9.59 Å². The second-order valence-electron chi connectivity index (χ2n) is 5.33. The van der Waals surface area contributed by atoms with Crippen molar-refractivity contribution in [1.29, 1.82) is 0 Å². The van der Waals surface area contributed by atoms with Gasteiger partial charge in [0.2, 0.25) is 0 Å². The van der Waals surface area contributed by atoms with E-state index in [1.54, 1.807) is 24.3 Å². The van der Waals surface area contributed by atoms with Gasteiger partial charge in [-0.3, -0.25) is 9.59 Å². The summed E-state index contributed by atoms with van der Waals surface area (Å²) in [6.45, 7) is 2.58. The lowest BCUT2D eigenvalue weighted by molar-refractivity contribution is -0.136. The number of hydrogen-bond acceptors (Lipinski definition) is 3. The summed E-state index contributed by atoms with van der Waals surface area (Å²) in [7, 11) is 0. The van der Waals surface area contributed by atoms with Gasteiger partial charge in [-0.05, 0) is 30.7 Å². The van der Waals surface area contributed by atoms with E-state index in [1.807, 2.05) is 30.3 Å². The third-order valence-corrected chi connectivity index (χ3v) is 3.38. The molecule has 0 aromatic heterocycles. The molecule has 5 heteroatoms. The molecule has 5 nitrogen and oxygen atoms in total. The SMILES string of the molecule is CCCCCNC(=O)C(=O)Nc1ccccc1Oc1ccccc1. The van der Waals surface area contributed by atoms with E-state index in [0.717, 1.165) is 19.3 Å². The van der Waals surface area contributed by atoms with E-state index in [-0.39, 0.29) is 0 Å². The molecule has 2 rings (SSSR count). The summed E-state index contributed by atoms with van der Waals surface area (Å²) in [5.74, 6) is -0.199. The van der Waals surface area contributed by atoms with E-state index >= 15 is 0 Å². The van der Waals surface area contributed by atoms with E-state index in [2.05, 4.69) is 17.6 Å². The van der Waals surface area contributed by atoms with Crippen LogP contribution in [0, 0.1) is 0 Å². The number of hydrogen-bond donors (Lipinski definition) is 2. The number of nitrogens with one attached hydrogen (secondary N) is 2. The van der Waals surface area contributed by atoms with Crippen LogP contribution in [-0.4, -0.2) is 18.4 Å². The minimum absolute atomic E-state index is 0.454. The van der Waals surface area contributed by atoms with Crippen molar-refractivity contribution in [2.45, 2.75) is 26.2 Å². The van der Waals surface area contributed by atoms with Crippen molar-refractivity contribution in [2.24, 2.45) is 0 Å². The lowest BCUT2D eigenvalue weighted by Crippen LogP contribution is -2.35. The minimum Gasteiger partial charge on any atom is -0.455 e. The van der Waals surface area contributed by atoms with Crippen LogP contribution in [0.25, 0.3) is 0 Å². The van der Waals surface area contributed by atoms with Gasteiger partial charge < -0.3 is 15.4 Å². The predicted octanol–water partition coefficient (Wildman–Crippen LogP) is 3.72. The summed E-state index contributed by atoms with van der Waals surface area (Å²) in [5.41, 5.74) is 0.454. The number of rotatable bonds is 7. The fourth-order valence-electron chi connectivity index (χ4n) is 2.11. The molecule has 0 atom stereocenters. The highest BCUT2D eigenvalue weighted by atomic mass is 16.5. The molecule has 0 saturated carbocycles. The minimum atomic E-state index is -0.699. The van der Waals surface area contributed by atoms with Crippen molar-refractivity contribution in [3.05, 3.63) is 54.6 Å². The molecule has 2 amide bonds. The quantitative estimate of drug-likeness (QED) is 0.602. The molecule has 0 heterocycles. The zero-order valence-electron chi connectivity index (χ0n) is 13.7. The molecule has 0 radical (unpaired) electrons. The Bertz CT molecular complexity index is 671. The first-order valence-corrected chi connectivity index (χ1v) is 8.12. The Kier molecular flexibility index (Phi) is 6.83. The molecule has 2 aromatic carbocycles. The third kappa shape index (κ3) is 5.43. The Morgan fingerprint density at radius 3 is 2.38 bits per heavy atom. The predicted molar refractivity (Wildman–Crippen MR) is 94.1 cm³/mol. The van der Waals surface area contributed by atoms with Gasteiger partial charge in [-0.2, -0.15) is 0 Å². The molecule has 0 aliphatic heterocycles. The van der Waals surface area contributed by atoms with Gasteiger partial charge in [0, 0.05) is 6.54 Å². The third-order valence-electron chi connectivity index (χ3n) is 3.38. The van der Waals surface area contributed by atoms with Crippen LogP contribution in [0.2, 0.25) is 0 Å². The van der Waals surface area contributed by atoms with Crippen LogP contribution < -0.4 is 15.4 Å². The summed E-state index contributed by atoms with van der Waals surface area (Å²) in [6.07, 6.45) is 2.95. The van der Waals surface area contributed by atoms with Crippen LogP contribution in [0.4, 0.5) is 5.69 Å². The van der Waals surface area contributed by atoms with E-state index in [4.69, 9.17) is 4.74 Å². The zero-order valence-corrected chi connectivity index (χ0v) is 13.7. The number of carbonyl (C=O) groups excluding carboxylic acids is 2. The van der Waals surface area contributed by atoms with Crippen molar-refractivity contribution >= 4 is 17.5 Å². The van der Waals surface area contributed by atoms with Gasteiger partial charge in [0.15, 0.2) is 5.75 Å². The van der Waals surface area contributed by atoms with E-state index in [0.29, 0.717) is 23.7 Å². The first-order valence-electron chi connectivity index (χ1n) is 8.12. The summed E-state index contributed by atoms with van der Waals surface area (Å²) in [5, 5.41) is 5.21. The molecule has 0 bridgehead atoms. The number of amides is 2. The monoisotopic (exact) mass is 326 g/mol. The van der Waals surface area contributed by atoms with Crippen LogP contribution >= 0.6 is 0 Å². The summed E-state index contributed by atoms with van der Waals surface area (Å²) in [6, 6.07) is 16.3. The van der Waals surface area contributed by atoms with Crippen LogP contribution in [0.15, 0.2) is 54.6 Å². The van der Waals surface area contributed by atoms with E-state index in [1.165, 1.54) is 0 Å². The molecular formula is C19H22N2O3. The average molecular weight is 326 g/mol. The second kappa shape index (κ2) is 9.35. The Morgan fingerprint density at radius 1 is 0.917 bits per heavy atom. The topological polar surface area (TPSA) is 67.4 Å². The first-order chi connectivity index (χ1) is 11.7. The van der Waals surface area contributed by atoms with Crippen LogP contribution in [-0.2, 0) is 9.59 Å². The highest BCUT2D eigenvalue weighted by molar-refractivity contribution is 6.39. The normalized spacial score (nSPS) is 10.0. The molecule has 0 aliphatic carbocycles. The molecule has 0 aliphatic rings. The fourth-order valence-corrected chi connectivity index (χ4v) is 2.11. The zero-order chi connectivity index (χ0) is 17.2. The van der Waals surface area contributed by atoms with Gasteiger partial charge in [0.1, 0.15) is 5.75 Å². The molecule has 2 aromatic rings. The highest BCUT2D eigenvalue weighted by Gasteiger charge is 2.15. The number of anilines is 1. The van der Waals surface area contributed by atoms with E-state index < -0.39 is 11.8 Å². The molecular weight excluding hydrogens is 304 g/mol. The summed E-state index contributed by atoms with van der Waals surface area (Å²) in [4.78, 5) is 23.8. The van der Waals surface area contributed by atoms with Gasteiger partial charge in [0.25, 0.3) is 0 Å². The maximum Gasteiger partial charge on any atom is 0.313 e. The molecule has 0 saturated heterocycles. The Morgan fingerprint density at radius 2 is 1.62 bits per heavy atom. The van der Waals surface area contributed by atoms with Crippen molar-refractivity contribution in [3.8, 4) is 11.5 Å². The number of para-hydroxylation sites is 3. The largest absolute Gasteiger partial charge is 0.455 e. The Hall–Kier alpha value is -2.82. The first kappa shape index (κ1) is 17.5. The average Bonchev–Trinajstić information content (AvgIpc) is 2.61. The molecule has 24 heavy (non-hydrogen) atoms. The van der Waals surface area contributed by atoms with Gasteiger partial charge in [-0.15, -0.1) is 0 Å². The highest BCUT2D eigenvalue weighted by Crippen LogP contribution is 2.28. The summed E-state index contributed by atoms with van der Waals surface area (Å²) >= 11 is 0. The lowest BCUT2D eigenvalue weighted by atomic mass is 10.2. The molecule has 126 valence electrons. The number of ether oxygens (including phenoxy) is 1. The fraction of sp³-hybridized carbons (Fsp3) is 0.263. The number of benzene rings is 2.